The summed E-state index contributed by atoms with van der Waals surface area (Å²) in [6, 6.07) is 26.0. The molecule has 0 N–H and O–H groups in total. The maximum absolute atomic E-state index is 2.65. The van der Waals surface area contributed by atoms with Gasteiger partial charge in [-0.05, 0) is 139 Å². The van der Waals surface area contributed by atoms with Crippen molar-refractivity contribution in [2.24, 2.45) is 59.2 Å². The number of hydrogen-bond acceptors (Lipinski definition) is 1. The van der Waals surface area contributed by atoms with Crippen LogP contribution in [0.15, 0.2) is 66.7 Å². The number of benzene rings is 3. The first kappa shape index (κ1) is 26.1. The van der Waals surface area contributed by atoms with E-state index in [2.05, 4.69) is 66.7 Å². The molecule has 10 rings (SSSR count). The van der Waals surface area contributed by atoms with Crippen molar-refractivity contribution in [3.8, 4) is 11.1 Å². The summed E-state index contributed by atoms with van der Waals surface area (Å²) in [6.45, 7) is 0. The summed E-state index contributed by atoms with van der Waals surface area (Å²) >= 11 is 1.98. The smallest absolute Gasteiger partial charge is 0.0433 e. The molecular formula is C42H48S. The Kier molecular flexibility index (Phi) is 6.20. The van der Waals surface area contributed by atoms with Crippen molar-refractivity contribution in [2.45, 2.75) is 89.4 Å². The molecule has 1 heteroatoms. The minimum absolute atomic E-state index is 0.759. The summed E-state index contributed by atoms with van der Waals surface area (Å²) in [6.07, 6.45) is 20.0. The Balaban J connectivity index is 1.06. The zero-order valence-electron chi connectivity index (χ0n) is 25.8. The van der Waals surface area contributed by atoms with Crippen LogP contribution >= 0.6 is 11.3 Å². The molecule has 0 saturated heterocycles. The van der Waals surface area contributed by atoms with E-state index in [9.17, 15) is 0 Å². The molecule has 6 aliphatic rings. The Morgan fingerprint density at radius 2 is 1.07 bits per heavy atom. The summed E-state index contributed by atoms with van der Waals surface area (Å²) in [7, 11) is 0. The lowest BCUT2D eigenvalue weighted by Gasteiger charge is -2.68. The first-order chi connectivity index (χ1) is 21.3. The Bertz CT molecular complexity index is 1620. The Morgan fingerprint density at radius 1 is 0.488 bits per heavy atom. The van der Waals surface area contributed by atoms with Crippen LogP contribution in [0.3, 0.4) is 0 Å². The highest BCUT2D eigenvalue weighted by atomic mass is 32.1. The van der Waals surface area contributed by atoms with Crippen molar-refractivity contribution in [1.29, 1.82) is 0 Å². The molecule has 0 bridgehead atoms. The van der Waals surface area contributed by atoms with Crippen molar-refractivity contribution in [2.75, 3.05) is 0 Å². The predicted molar refractivity (Wildman–Crippen MR) is 182 cm³/mol. The third-order valence-corrected chi connectivity index (χ3v) is 15.9. The lowest BCUT2D eigenvalue weighted by atomic mass is 9.37. The van der Waals surface area contributed by atoms with Crippen molar-refractivity contribution in [1.82, 2.24) is 0 Å². The molecule has 0 nitrogen and oxygen atoms in total. The number of fused-ring (bicyclic) bond motifs is 9. The SMILES string of the molecule is c1cc(-c2cccc3c2sc2ccccc23)cc(C2CC3C4CCCCC4C4CCCC5C6CCCCC6C(C2)C3C45)c1. The fraction of sp³-hybridized carbons (Fsp3) is 0.571. The topological polar surface area (TPSA) is 0 Å². The van der Waals surface area contributed by atoms with Crippen molar-refractivity contribution < 1.29 is 0 Å². The Labute approximate surface area is 262 Å². The van der Waals surface area contributed by atoms with E-state index in [4.69, 9.17) is 0 Å². The maximum atomic E-state index is 2.65. The molecule has 6 aliphatic carbocycles. The summed E-state index contributed by atoms with van der Waals surface area (Å²) in [4.78, 5) is 0. The fourth-order valence-corrected chi connectivity index (χ4v) is 14.7. The van der Waals surface area contributed by atoms with Gasteiger partial charge in [-0.2, -0.15) is 0 Å². The standard InChI is InChI=1S/C42H48S/c1-3-14-31-29(12-1)34-18-9-19-35-30-13-2-4-15-32(30)38-24-27(23-37(31)41(38)40(34)35)25-10-7-11-26(22-25)28-17-8-20-36-33-16-5-6-21-39(33)43-42(28)36/h5-8,10-11,16-17,20-22,27,29-32,34-35,37-38,40-41H,1-4,9,12-15,18-19,23-24H2. The van der Waals surface area contributed by atoms with Crippen LogP contribution in [0.25, 0.3) is 31.3 Å². The fourth-order valence-electron chi connectivity index (χ4n) is 13.4. The van der Waals surface area contributed by atoms with Crippen molar-refractivity contribution >= 4 is 31.5 Å². The van der Waals surface area contributed by atoms with Gasteiger partial charge in [-0.15, -0.1) is 11.3 Å². The molecule has 222 valence electrons. The summed E-state index contributed by atoms with van der Waals surface area (Å²) in [5, 5.41) is 2.84. The normalized spacial score (nSPS) is 40.0. The van der Waals surface area contributed by atoms with Gasteiger partial charge in [0.15, 0.2) is 0 Å². The van der Waals surface area contributed by atoms with Gasteiger partial charge in [0, 0.05) is 20.2 Å². The minimum Gasteiger partial charge on any atom is -0.135 e. The molecule has 4 aromatic rings. The third kappa shape index (κ3) is 3.92. The van der Waals surface area contributed by atoms with Crippen molar-refractivity contribution in [3.05, 3.63) is 72.3 Å². The first-order valence-corrected chi connectivity index (χ1v) is 19.2. The highest BCUT2D eigenvalue weighted by Gasteiger charge is 2.62. The maximum Gasteiger partial charge on any atom is 0.0433 e. The second-order valence-corrected chi connectivity index (χ2v) is 17.1. The van der Waals surface area contributed by atoms with E-state index >= 15 is 0 Å². The molecule has 6 fully saturated rings. The zero-order valence-corrected chi connectivity index (χ0v) is 26.6. The zero-order chi connectivity index (χ0) is 28.1. The number of rotatable bonds is 2. The van der Waals surface area contributed by atoms with Crippen molar-refractivity contribution in [3.63, 3.8) is 0 Å². The average molecular weight is 585 g/mol. The van der Waals surface area contributed by atoms with Crippen LogP contribution in [0.1, 0.15) is 95.0 Å². The molecule has 0 radical (unpaired) electrons. The Morgan fingerprint density at radius 3 is 1.79 bits per heavy atom. The van der Waals surface area contributed by atoms with Crippen LogP contribution in [0.2, 0.25) is 0 Å². The molecule has 8 unspecified atom stereocenters. The predicted octanol–water partition coefficient (Wildman–Crippen LogP) is 12.1. The molecule has 0 spiro atoms. The first-order valence-electron chi connectivity index (χ1n) is 18.3. The largest absolute Gasteiger partial charge is 0.135 e. The van der Waals surface area contributed by atoms with Crippen LogP contribution in [-0.2, 0) is 0 Å². The van der Waals surface area contributed by atoms with Crippen LogP contribution in [-0.4, -0.2) is 0 Å². The van der Waals surface area contributed by atoms with Gasteiger partial charge >= 0.3 is 0 Å². The van der Waals surface area contributed by atoms with Gasteiger partial charge in [0.25, 0.3) is 0 Å². The van der Waals surface area contributed by atoms with Gasteiger partial charge in [-0.25, -0.2) is 0 Å². The van der Waals surface area contributed by atoms with Crippen LogP contribution in [0.4, 0.5) is 0 Å². The van der Waals surface area contributed by atoms with E-state index < -0.39 is 0 Å². The highest BCUT2D eigenvalue weighted by molar-refractivity contribution is 7.26. The van der Waals surface area contributed by atoms with E-state index in [1.165, 1.54) is 69.8 Å². The van der Waals surface area contributed by atoms with Crippen LogP contribution in [0.5, 0.6) is 0 Å². The van der Waals surface area contributed by atoms with Gasteiger partial charge < -0.3 is 0 Å². The minimum atomic E-state index is 0.759. The second-order valence-electron chi connectivity index (χ2n) is 16.0. The van der Waals surface area contributed by atoms with Gasteiger partial charge in [0.1, 0.15) is 0 Å². The summed E-state index contributed by atoms with van der Waals surface area (Å²) < 4.78 is 2.88. The molecule has 0 amide bonds. The van der Waals surface area contributed by atoms with Crippen LogP contribution < -0.4 is 0 Å². The number of thiophene rings is 1. The quantitative estimate of drug-likeness (QED) is 0.220. The molecule has 6 saturated carbocycles. The van der Waals surface area contributed by atoms with Gasteiger partial charge in [0.05, 0.1) is 0 Å². The van der Waals surface area contributed by atoms with E-state index in [1.807, 2.05) is 11.3 Å². The van der Waals surface area contributed by atoms with E-state index in [-0.39, 0.29) is 0 Å². The molecular weight excluding hydrogens is 537 g/mol. The van der Waals surface area contributed by atoms with E-state index in [0.29, 0.717) is 0 Å². The third-order valence-electron chi connectivity index (χ3n) is 14.6. The van der Waals surface area contributed by atoms with Crippen LogP contribution in [0, 0.1) is 59.2 Å². The molecule has 1 aromatic heterocycles. The van der Waals surface area contributed by atoms with E-state index in [1.54, 1.807) is 50.5 Å². The number of hydrogen-bond donors (Lipinski definition) is 0. The Hall–Kier alpha value is -2.12. The van der Waals surface area contributed by atoms with Gasteiger partial charge in [-0.1, -0.05) is 92.8 Å². The van der Waals surface area contributed by atoms with E-state index in [0.717, 1.165) is 65.1 Å². The second kappa shape index (κ2) is 10.2. The molecule has 0 aliphatic heterocycles. The molecule has 1 heterocycles. The molecule has 43 heavy (non-hydrogen) atoms. The van der Waals surface area contributed by atoms with Gasteiger partial charge in [-0.3, -0.25) is 0 Å². The summed E-state index contributed by atoms with van der Waals surface area (Å²) in [5.41, 5.74) is 4.56. The lowest BCUT2D eigenvalue weighted by Crippen LogP contribution is -2.61. The lowest BCUT2D eigenvalue weighted by molar-refractivity contribution is -0.189. The molecule has 3 aromatic carbocycles. The molecule has 8 atom stereocenters. The summed E-state index contributed by atoms with van der Waals surface area (Å²) in [5.74, 6) is 11.4. The monoisotopic (exact) mass is 584 g/mol. The average Bonchev–Trinajstić information content (AvgIpc) is 3.47. The van der Waals surface area contributed by atoms with Gasteiger partial charge in [0.2, 0.25) is 0 Å². The highest BCUT2D eigenvalue weighted by Crippen LogP contribution is 2.70.